The molecule has 2 aromatic rings. The Balaban J connectivity index is 2.68. The zero-order valence-electron chi connectivity index (χ0n) is 13.5. The molecule has 0 fully saturated rings. The topological polar surface area (TPSA) is 48.7 Å². The molecule has 2 rings (SSSR count). The molecule has 22 heavy (non-hydrogen) atoms. The van der Waals surface area contributed by atoms with Crippen molar-refractivity contribution < 1.29 is 13.9 Å². The van der Waals surface area contributed by atoms with Gasteiger partial charge in [0.25, 0.3) is 0 Å². The summed E-state index contributed by atoms with van der Waals surface area (Å²) in [5, 5.41) is 0. The summed E-state index contributed by atoms with van der Waals surface area (Å²) < 4.78 is 16.1. The summed E-state index contributed by atoms with van der Waals surface area (Å²) in [7, 11) is 3.15. The van der Waals surface area contributed by atoms with Crippen molar-refractivity contribution in [2.45, 2.75) is 20.8 Å². The molecule has 1 aromatic carbocycles. The van der Waals surface area contributed by atoms with Gasteiger partial charge >= 0.3 is 5.63 Å². The van der Waals surface area contributed by atoms with Gasteiger partial charge in [0.05, 0.1) is 14.2 Å². The fourth-order valence-electron chi connectivity index (χ4n) is 2.21. The SMILES string of the molecule is COc1ccc(-c2oc(=O)c(C)cc2C=C(C)C)cc1OC. The first kappa shape index (κ1) is 15.9. The monoisotopic (exact) mass is 300 g/mol. The van der Waals surface area contributed by atoms with Crippen molar-refractivity contribution in [3.63, 3.8) is 0 Å². The first-order valence-electron chi connectivity index (χ1n) is 6.98. The summed E-state index contributed by atoms with van der Waals surface area (Å²) in [6.45, 7) is 5.74. The lowest BCUT2D eigenvalue weighted by Gasteiger charge is -2.11. The number of benzene rings is 1. The van der Waals surface area contributed by atoms with Gasteiger partial charge in [0.2, 0.25) is 0 Å². The lowest BCUT2D eigenvalue weighted by Crippen LogP contribution is -2.05. The van der Waals surface area contributed by atoms with E-state index >= 15 is 0 Å². The molecule has 4 nitrogen and oxygen atoms in total. The molecule has 0 atom stereocenters. The molecule has 0 N–H and O–H groups in total. The fourth-order valence-corrected chi connectivity index (χ4v) is 2.21. The maximum atomic E-state index is 11.9. The number of ether oxygens (including phenoxy) is 2. The normalized spacial score (nSPS) is 10.2. The molecule has 0 radical (unpaired) electrons. The standard InChI is InChI=1S/C18H20O4/c1-11(2)8-14-9-12(3)18(19)22-17(14)13-6-7-15(20-4)16(10-13)21-5/h6-10H,1-5H3. The van der Waals surface area contributed by atoms with Crippen LogP contribution < -0.4 is 15.1 Å². The third kappa shape index (κ3) is 3.22. The summed E-state index contributed by atoms with van der Waals surface area (Å²) in [5.41, 5.74) is 2.99. The molecule has 0 saturated carbocycles. The molecule has 4 heteroatoms. The van der Waals surface area contributed by atoms with E-state index in [1.165, 1.54) is 0 Å². The van der Waals surface area contributed by atoms with Crippen LogP contribution in [-0.4, -0.2) is 14.2 Å². The Kier molecular flexibility index (Phi) is 4.71. The third-order valence-corrected chi connectivity index (χ3v) is 3.24. The van der Waals surface area contributed by atoms with Crippen molar-refractivity contribution in [2.75, 3.05) is 14.2 Å². The molecule has 0 aliphatic carbocycles. The molecular weight excluding hydrogens is 280 g/mol. The van der Waals surface area contributed by atoms with Crippen LogP contribution in [0, 0.1) is 6.92 Å². The van der Waals surface area contributed by atoms with Gasteiger partial charge in [0, 0.05) is 16.7 Å². The number of hydrogen-bond acceptors (Lipinski definition) is 4. The van der Waals surface area contributed by atoms with E-state index in [9.17, 15) is 4.79 Å². The average molecular weight is 300 g/mol. The van der Waals surface area contributed by atoms with Crippen LogP contribution in [-0.2, 0) is 0 Å². The summed E-state index contributed by atoms with van der Waals surface area (Å²) in [4.78, 5) is 11.9. The largest absolute Gasteiger partial charge is 0.493 e. The second-order valence-electron chi connectivity index (χ2n) is 5.29. The zero-order chi connectivity index (χ0) is 16.3. The number of hydrogen-bond donors (Lipinski definition) is 0. The van der Waals surface area contributed by atoms with Crippen molar-refractivity contribution in [1.82, 2.24) is 0 Å². The Bertz CT molecular complexity index is 765. The van der Waals surface area contributed by atoms with E-state index in [-0.39, 0.29) is 5.63 Å². The van der Waals surface area contributed by atoms with Crippen molar-refractivity contribution in [3.8, 4) is 22.8 Å². The first-order valence-corrected chi connectivity index (χ1v) is 6.98. The minimum absolute atomic E-state index is 0.337. The zero-order valence-corrected chi connectivity index (χ0v) is 13.5. The molecule has 0 amide bonds. The molecular formula is C18H20O4. The Morgan fingerprint density at radius 3 is 2.36 bits per heavy atom. The minimum atomic E-state index is -0.337. The van der Waals surface area contributed by atoms with E-state index in [0.29, 0.717) is 22.8 Å². The van der Waals surface area contributed by atoms with Gasteiger partial charge in [0.1, 0.15) is 5.76 Å². The smallest absolute Gasteiger partial charge is 0.339 e. The van der Waals surface area contributed by atoms with Gasteiger partial charge < -0.3 is 13.9 Å². The molecule has 0 bridgehead atoms. The third-order valence-electron chi connectivity index (χ3n) is 3.24. The lowest BCUT2D eigenvalue weighted by atomic mass is 10.0. The van der Waals surface area contributed by atoms with Crippen molar-refractivity contribution in [1.29, 1.82) is 0 Å². The highest BCUT2D eigenvalue weighted by atomic mass is 16.5. The quantitative estimate of drug-likeness (QED) is 0.854. The molecule has 0 spiro atoms. The van der Waals surface area contributed by atoms with Crippen LogP contribution in [0.5, 0.6) is 11.5 Å². The maximum Gasteiger partial charge on any atom is 0.339 e. The minimum Gasteiger partial charge on any atom is -0.493 e. The number of methoxy groups -OCH3 is 2. The van der Waals surface area contributed by atoms with Crippen LogP contribution in [0.3, 0.4) is 0 Å². The van der Waals surface area contributed by atoms with Gasteiger partial charge in [-0.15, -0.1) is 0 Å². The molecule has 0 aliphatic rings. The van der Waals surface area contributed by atoms with Crippen molar-refractivity contribution in [2.24, 2.45) is 0 Å². The highest BCUT2D eigenvalue weighted by Gasteiger charge is 2.13. The average Bonchev–Trinajstić information content (AvgIpc) is 2.49. The van der Waals surface area contributed by atoms with Crippen molar-refractivity contribution in [3.05, 3.63) is 51.4 Å². The Morgan fingerprint density at radius 2 is 1.77 bits per heavy atom. The van der Waals surface area contributed by atoms with Crippen LogP contribution in [0.4, 0.5) is 0 Å². The highest BCUT2D eigenvalue weighted by molar-refractivity contribution is 5.73. The maximum absolute atomic E-state index is 11.9. The van der Waals surface area contributed by atoms with Gasteiger partial charge in [-0.25, -0.2) is 4.79 Å². The van der Waals surface area contributed by atoms with Crippen molar-refractivity contribution >= 4 is 6.08 Å². The summed E-state index contributed by atoms with van der Waals surface area (Å²) >= 11 is 0. The summed E-state index contributed by atoms with van der Waals surface area (Å²) in [6, 6.07) is 7.28. The molecule has 116 valence electrons. The number of aryl methyl sites for hydroxylation is 1. The van der Waals surface area contributed by atoms with Gasteiger partial charge in [-0.2, -0.15) is 0 Å². The van der Waals surface area contributed by atoms with Gasteiger partial charge in [-0.05, 0) is 45.0 Å². The highest BCUT2D eigenvalue weighted by Crippen LogP contribution is 2.34. The Labute approximate surface area is 130 Å². The summed E-state index contributed by atoms with van der Waals surface area (Å²) in [6.07, 6.45) is 1.99. The van der Waals surface area contributed by atoms with Gasteiger partial charge in [0.15, 0.2) is 11.5 Å². The second kappa shape index (κ2) is 6.52. The van der Waals surface area contributed by atoms with Crippen LogP contribution >= 0.6 is 0 Å². The van der Waals surface area contributed by atoms with E-state index < -0.39 is 0 Å². The second-order valence-corrected chi connectivity index (χ2v) is 5.29. The number of rotatable bonds is 4. The lowest BCUT2D eigenvalue weighted by molar-refractivity contribution is 0.355. The van der Waals surface area contributed by atoms with Gasteiger partial charge in [-0.1, -0.05) is 11.6 Å². The van der Waals surface area contributed by atoms with E-state index in [1.807, 2.05) is 32.1 Å². The molecule has 1 aromatic heterocycles. The Hall–Kier alpha value is -2.49. The summed E-state index contributed by atoms with van der Waals surface area (Å²) in [5.74, 6) is 1.74. The molecule has 0 aliphatic heterocycles. The van der Waals surface area contributed by atoms with E-state index in [1.54, 1.807) is 33.3 Å². The van der Waals surface area contributed by atoms with Gasteiger partial charge in [-0.3, -0.25) is 0 Å². The Morgan fingerprint density at radius 1 is 1.09 bits per heavy atom. The van der Waals surface area contributed by atoms with Crippen LogP contribution in [0.2, 0.25) is 0 Å². The molecule has 0 unspecified atom stereocenters. The number of allylic oxidation sites excluding steroid dienone is 1. The first-order chi connectivity index (χ1) is 10.5. The molecule has 1 heterocycles. The van der Waals surface area contributed by atoms with E-state index in [4.69, 9.17) is 13.9 Å². The van der Waals surface area contributed by atoms with E-state index in [0.717, 1.165) is 16.7 Å². The fraction of sp³-hybridized carbons (Fsp3) is 0.278. The van der Waals surface area contributed by atoms with Crippen LogP contribution in [0.1, 0.15) is 25.0 Å². The predicted molar refractivity (Wildman–Crippen MR) is 87.6 cm³/mol. The van der Waals surface area contributed by atoms with E-state index in [2.05, 4.69) is 0 Å². The van der Waals surface area contributed by atoms with Crippen LogP contribution in [0.25, 0.3) is 17.4 Å². The molecule has 0 saturated heterocycles. The predicted octanol–water partition coefficient (Wildman–Crippen LogP) is 4.06. The van der Waals surface area contributed by atoms with Crippen LogP contribution in [0.15, 0.2) is 39.1 Å².